The minimum Gasteiger partial charge on any atom is -0.330 e. The summed E-state index contributed by atoms with van der Waals surface area (Å²) >= 11 is 0. The molecule has 0 spiro atoms. The highest BCUT2D eigenvalue weighted by Crippen LogP contribution is 2.15. The van der Waals surface area contributed by atoms with Crippen LogP contribution < -0.4 is 11.1 Å². The monoisotopic (exact) mass is 277 g/mol. The van der Waals surface area contributed by atoms with E-state index in [0.29, 0.717) is 12.5 Å². The first-order chi connectivity index (χ1) is 9.42. The molecule has 0 aliphatic heterocycles. The highest BCUT2D eigenvalue weighted by atomic mass is 16.1. The van der Waals surface area contributed by atoms with Gasteiger partial charge in [0.15, 0.2) is 0 Å². The Labute approximate surface area is 122 Å². The Bertz CT molecular complexity index is 412. The zero-order valence-corrected chi connectivity index (χ0v) is 13.0. The van der Waals surface area contributed by atoms with E-state index in [2.05, 4.69) is 24.1 Å². The average molecular weight is 277 g/mol. The number of hydrogen-bond acceptors (Lipinski definition) is 3. The highest BCUT2D eigenvalue weighted by Gasteiger charge is 2.18. The molecular formula is C16H27N3O. The van der Waals surface area contributed by atoms with Crippen LogP contribution in [0.2, 0.25) is 0 Å². The summed E-state index contributed by atoms with van der Waals surface area (Å²) in [4.78, 5) is 14.3. The van der Waals surface area contributed by atoms with Crippen LogP contribution in [0.3, 0.4) is 0 Å². The number of rotatable bonds is 7. The lowest BCUT2D eigenvalue weighted by atomic mass is 9.96. The van der Waals surface area contributed by atoms with Gasteiger partial charge in [-0.2, -0.15) is 0 Å². The normalized spacial score (nSPS) is 12.8. The molecule has 0 radical (unpaired) electrons. The summed E-state index contributed by atoms with van der Waals surface area (Å²) in [5.41, 5.74) is 7.75. The lowest BCUT2D eigenvalue weighted by Crippen LogP contribution is -2.30. The third-order valence-corrected chi connectivity index (χ3v) is 3.13. The van der Waals surface area contributed by atoms with Crippen molar-refractivity contribution < 1.29 is 4.79 Å². The first kappa shape index (κ1) is 16.7. The van der Waals surface area contributed by atoms with E-state index in [0.717, 1.165) is 18.7 Å². The number of nitrogens with one attached hydrogen (secondary N) is 1. The Morgan fingerprint density at radius 3 is 2.30 bits per heavy atom. The molecule has 4 nitrogen and oxygen atoms in total. The van der Waals surface area contributed by atoms with E-state index < -0.39 is 0 Å². The number of carbonyl (C=O) groups is 1. The summed E-state index contributed by atoms with van der Waals surface area (Å²) < 4.78 is 0. The summed E-state index contributed by atoms with van der Waals surface area (Å²) in [6.07, 6.45) is 0.820. The van der Waals surface area contributed by atoms with Crippen molar-refractivity contribution in [3.8, 4) is 0 Å². The van der Waals surface area contributed by atoms with Crippen LogP contribution in [-0.2, 0) is 11.3 Å². The molecule has 20 heavy (non-hydrogen) atoms. The van der Waals surface area contributed by atoms with Gasteiger partial charge in [0.05, 0.1) is 5.92 Å². The molecule has 1 amide bonds. The van der Waals surface area contributed by atoms with Crippen molar-refractivity contribution in [3.05, 3.63) is 29.8 Å². The van der Waals surface area contributed by atoms with Crippen molar-refractivity contribution in [2.75, 3.05) is 26.0 Å². The quantitative estimate of drug-likeness (QED) is 0.804. The van der Waals surface area contributed by atoms with Crippen LogP contribution in [0.25, 0.3) is 0 Å². The van der Waals surface area contributed by atoms with Gasteiger partial charge < -0.3 is 16.0 Å². The molecule has 0 bridgehead atoms. The van der Waals surface area contributed by atoms with Gasteiger partial charge in [-0.05, 0) is 44.1 Å². The second kappa shape index (κ2) is 8.02. The van der Waals surface area contributed by atoms with E-state index in [1.165, 1.54) is 5.56 Å². The molecule has 0 saturated carbocycles. The van der Waals surface area contributed by atoms with Crippen LogP contribution in [0.1, 0.15) is 25.8 Å². The molecule has 1 unspecified atom stereocenters. The van der Waals surface area contributed by atoms with Gasteiger partial charge in [-0.1, -0.05) is 26.0 Å². The second-order valence-corrected chi connectivity index (χ2v) is 5.99. The molecule has 1 atom stereocenters. The topological polar surface area (TPSA) is 58.4 Å². The number of carbonyl (C=O) groups excluding carboxylic acids is 1. The zero-order valence-electron chi connectivity index (χ0n) is 13.0. The van der Waals surface area contributed by atoms with E-state index in [-0.39, 0.29) is 11.8 Å². The molecular weight excluding hydrogens is 250 g/mol. The summed E-state index contributed by atoms with van der Waals surface area (Å²) in [5.74, 6) is 0.370. The Balaban J connectivity index is 2.61. The van der Waals surface area contributed by atoms with Gasteiger partial charge in [0.2, 0.25) is 5.91 Å². The van der Waals surface area contributed by atoms with Crippen LogP contribution in [0.15, 0.2) is 24.3 Å². The molecule has 0 aromatic heterocycles. The predicted octanol–water partition coefficient (Wildman–Crippen LogP) is 2.31. The first-order valence-corrected chi connectivity index (χ1v) is 7.17. The molecule has 1 aromatic rings. The number of anilines is 1. The Morgan fingerprint density at radius 2 is 1.85 bits per heavy atom. The zero-order chi connectivity index (χ0) is 15.1. The summed E-state index contributed by atoms with van der Waals surface area (Å²) in [6.45, 7) is 5.49. The third kappa shape index (κ3) is 5.72. The molecule has 0 saturated heterocycles. The van der Waals surface area contributed by atoms with Gasteiger partial charge in [-0.15, -0.1) is 0 Å². The van der Waals surface area contributed by atoms with Crippen LogP contribution in [0, 0.1) is 11.8 Å². The maximum atomic E-state index is 12.1. The van der Waals surface area contributed by atoms with Gasteiger partial charge in [0.25, 0.3) is 0 Å². The average Bonchev–Trinajstić information content (AvgIpc) is 2.37. The lowest BCUT2D eigenvalue weighted by molar-refractivity contribution is -0.120. The molecule has 0 heterocycles. The van der Waals surface area contributed by atoms with Crippen LogP contribution in [-0.4, -0.2) is 31.4 Å². The molecule has 4 heteroatoms. The van der Waals surface area contributed by atoms with Crippen molar-refractivity contribution in [1.29, 1.82) is 0 Å². The fourth-order valence-corrected chi connectivity index (χ4v) is 2.18. The minimum atomic E-state index is -0.114. The van der Waals surface area contributed by atoms with E-state index in [9.17, 15) is 4.79 Å². The van der Waals surface area contributed by atoms with Crippen LogP contribution in [0.5, 0.6) is 0 Å². The maximum absolute atomic E-state index is 12.1. The fraction of sp³-hybridized carbons (Fsp3) is 0.562. The van der Waals surface area contributed by atoms with Crippen LogP contribution in [0.4, 0.5) is 5.69 Å². The first-order valence-electron chi connectivity index (χ1n) is 7.17. The SMILES string of the molecule is CC(C)CC(CN)C(=O)Nc1ccc(CN(C)C)cc1. The lowest BCUT2D eigenvalue weighted by Gasteiger charge is -2.17. The van der Waals surface area contributed by atoms with Crippen molar-refractivity contribution in [1.82, 2.24) is 4.90 Å². The maximum Gasteiger partial charge on any atom is 0.228 e. The Hall–Kier alpha value is -1.39. The molecule has 1 rings (SSSR count). The molecule has 0 aliphatic carbocycles. The second-order valence-electron chi connectivity index (χ2n) is 5.99. The van der Waals surface area contributed by atoms with E-state index >= 15 is 0 Å². The van der Waals surface area contributed by atoms with Gasteiger partial charge in [0.1, 0.15) is 0 Å². The number of nitrogens with zero attached hydrogens (tertiary/aromatic N) is 1. The van der Waals surface area contributed by atoms with Gasteiger partial charge in [0, 0.05) is 18.8 Å². The molecule has 0 aliphatic rings. The highest BCUT2D eigenvalue weighted by molar-refractivity contribution is 5.92. The van der Waals surface area contributed by atoms with Crippen molar-refractivity contribution in [2.45, 2.75) is 26.8 Å². The molecule has 3 N–H and O–H groups in total. The number of benzene rings is 1. The summed E-state index contributed by atoms with van der Waals surface area (Å²) in [5, 5.41) is 2.95. The Kier molecular flexibility index (Phi) is 6.68. The molecule has 112 valence electrons. The number of hydrogen-bond donors (Lipinski definition) is 2. The third-order valence-electron chi connectivity index (χ3n) is 3.13. The molecule has 1 aromatic carbocycles. The van der Waals surface area contributed by atoms with E-state index in [4.69, 9.17) is 5.73 Å². The molecule has 0 fully saturated rings. The smallest absolute Gasteiger partial charge is 0.228 e. The largest absolute Gasteiger partial charge is 0.330 e. The van der Waals surface area contributed by atoms with Crippen molar-refractivity contribution in [3.63, 3.8) is 0 Å². The van der Waals surface area contributed by atoms with Gasteiger partial charge >= 0.3 is 0 Å². The minimum absolute atomic E-state index is 0.0153. The predicted molar refractivity (Wildman–Crippen MR) is 84.5 cm³/mol. The van der Waals surface area contributed by atoms with Crippen molar-refractivity contribution >= 4 is 11.6 Å². The standard InChI is InChI=1S/C16H27N3O/c1-12(2)9-14(10-17)16(20)18-15-7-5-13(6-8-15)11-19(3)4/h5-8,12,14H,9-11,17H2,1-4H3,(H,18,20). The summed E-state index contributed by atoms with van der Waals surface area (Å²) in [7, 11) is 4.07. The number of nitrogens with two attached hydrogens (primary N) is 1. The van der Waals surface area contributed by atoms with Gasteiger partial charge in [-0.3, -0.25) is 4.79 Å². The number of amides is 1. The van der Waals surface area contributed by atoms with E-state index in [1.54, 1.807) is 0 Å². The van der Waals surface area contributed by atoms with E-state index in [1.807, 2.05) is 38.4 Å². The fourth-order valence-electron chi connectivity index (χ4n) is 2.18. The summed E-state index contributed by atoms with van der Waals surface area (Å²) in [6, 6.07) is 7.96. The Morgan fingerprint density at radius 1 is 1.25 bits per heavy atom. The van der Waals surface area contributed by atoms with Gasteiger partial charge in [-0.25, -0.2) is 0 Å². The van der Waals surface area contributed by atoms with Crippen LogP contribution >= 0.6 is 0 Å². The van der Waals surface area contributed by atoms with Crippen molar-refractivity contribution in [2.24, 2.45) is 17.6 Å².